The van der Waals surface area contributed by atoms with Gasteiger partial charge in [0.2, 0.25) is 0 Å². The molecule has 0 aliphatic carbocycles. The Labute approximate surface area is 73.3 Å². The summed E-state index contributed by atoms with van der Waals surface area (Å²) in [5.41, 5.74) is 0. The van der Waals surface area contributed by atoms with E-state index in [1.54, 1.807) is 0 Å². The van der Waals surface area contributed by atoms with Crippen LogP contribution in [0.5, 0.6) is 0 Å². The van der Waals surface area contributed by atoms with Gasteiger partial charge in [0.25, 0.3) is 0 Å². The molecule has 0 aromatic rings. The van der Waals surface area contributed by atoms with E-state index < -0.39 is 0 Å². The number of hydrogen-bond donors (Lipinski definition) is 0. The Morgan fingerprint density at radius 2 is 2.30 bits per heavy atom. The lowest BCUT2D eigenvalue weighted by Crippen LogP contribution is -2.39. The molecule has 0 saturated carbocycles. The molecule has 1 unspecified atom stereocenters. The molecule has 0 bridgehead atoms. The summed E-state index contributed by atoms with van der Waals surface area (Å²) in [5, 5.41) is 0. The van der Waals surface area contributed by atoms with E-state index in [1.807, 2.05) is 0 Å². The number of nitrogens with zero attached hydrogens (tertiary/aromatic N) is 1. The second-order valence-electron chi connectivity index (χ2n) is 2.66. The smallest absolute Gasteiger partial charge is 0.0699 e. The molecule has 0 radical (unpaired) electrons. The minimum Gasteiger partial charge on any atom is -0.376 e. The van der Waals surface area contributed by atoms with Gasteiger partial charge in [-0.2, -0.15) is 0 Å². The van der Waals surface area contributed by atoms with Gasteiger partial charge in [-0.1, -0.05) is 6.92 Å². The van der Waals surface area contributed by atoms with Crippen molar-refractivity contribution < 1.29 is 4.74 Å². The quantitative estimate of drug-likeness (QED) is 0.646. The van der Waals surface area contributed by atoms with Crippen molar-refractivity contribution in [1.29, 1.82) is 0 Å². The maximum atomic E-state index is 5.46. The van der Waals surface area contributed by atoms with Crippen LogP contribution in [0.3, 0.4) is 0 Å². The van der Waals surface area contributed by atoms with Crippen molar-refractivity contribution in [3.8, 4) is 0 Å². The van der Waals surface area contributed by atoms with Crippen LogP contribution in [0.2, 0.25) is 0 Å². The highest BCUT2D eigenvalue weighted by atomic mass is 79.9. The molecule has 1 heterocycles. The van der Waals surface area contributed by atoms with Crippen LogP contribution in [0, 0.1) is 0 Å². The number of hydrogen-bond acceptors (Lipinski definition) is 2. The maximum Gasteiger partial charge on any atom is 0.0699 e. The average molecular weight is 210 g/mol. The standard InChI is InChI=1S/C7H15NO.BrH/c1-3-7-6-8(2)4-5-9-7;/h7H,3-6H2,1-2H3;1H. The SMILES string of the molecule is Br.CCC1CN(C)CCO1. The first-order valence-electron chi connectivity index (χ1n) is 3.63. The summed E-state index contributed by atoms with van der Waals surface area (Å²) in [7, 11) is 2.14. The average Bonchev–Trinajstić information content (AvgIpc) is 1.88. The van der Waals surface area contributed by atoms with Gasteiger partial charge in [-0.15, -0.1) is 17.0 Å². The molecule has 1 fully saturated rings. The summed E-state index contributed by atoms with van der Waals surface area (Å²) in [5.74, 6) is 0. The molecule has 62 valence electrons. The number of likely N-dealkylation sites (N-methyl/N-ethyl adjacent to an activating group) is 1. The molecular weight excluding hydrogens is 194 g/mol. The van der Waals surface area contributed by atoms with E-state index in [-0.39, 0.29) is 17.0 Å². The Balaban J connectivity index is 0.000000810. The monoisotopic (exact) mass is 209 g/mol. The highest BCUT2D eigenvalue weighted by Crippen LogP contribution is 2.04. The van der Waals surface area contributed by atoms with Crippen LogP contribution in [-0.4, -0.2) is 37.7 Å². The summed E-state index contributed by atoms with van der Waals surface area (Å²) in [4.78, 5) is 2.32. The zero-order valence-electron chi connectivity index (χ0n) is 6.67. The Morgan fingerprint density at radius 1 is 1.60 bits per heavy atom. The number of ether oxygens (including phenoxy) is 1. The lowest BCUT2D eigenvalue weighted by molar-refractivity contribution is -0.0206. The maximum absolute atomic E-state index is 5.46. The van der Waals surface area contributed by atoms with Crippen LogP contribution in [0.25, 0.3) is 0 Å². The van der Waals surface area contributed by atoms with Crippen molar-refractivity contribution in [3.63, 3.8) is 0 Å². The van der Waals surface area contributed by atoms with E-state index in [0.717, 1.165) is 26.1 Å². The Bertz CT molecular complexity index is 89.7. The molecule has 1 atom stereocenters. The van der Waals surface area contributed by atoms with Crippen LogP contribution < -0.4 is 0 Å². The third kappa shape index (κ3) is 2.99. The molecule has 2 nitrogen and oxygen atoms in total. The molecular formula is C7H16BrNO. The van der Waals surface area contributed by atoms with E-state index in [2.05, 4.69) is 18.9 Å². The molecule has 0 amide bonds. The summed E-state index contributed by atoms with van der Waals surface area (Å²) in [6, 6.07) is 0. The van der Waals surface area contributed by atoms with E-state index in [1.165, 1.54) is 0 Å². The van der Waals surface area contributed by atoms with Crippen molar-refractivity contribution in [2.45, 2.75) is 19.4 Å². The normalized spacial score (nSPS) is 27.6. The molecule has 1 saturated heterocycles. The summed E-state index contributed by atoms with van der Waals surface area (Å²) >= 11 is 0. The van der Waals surface area contributed by atoms with Crippen LogP contribution in [-0.2, 0) is 4.74 Å². The topological polar surface area (TPSA) is 12.5 Å². The predicted octanol–water partition coefficient (Wildman–Crippen LogP) is 1.30. The van der Waals surface area contributed by atoms with Gasteiger partial charge < -0.3 is 9.64 Å². The Kier molecular flexibility index (Phi) is 5.31. The van der Waals surface area contributed by atoms with Crippen molar-refractivity contribution in [3.05, 3.63) is 0 Å². The molecule has 3 heteroatoms. The van der Waals surface area contributed by atoms with Gasteiger partial charge in [0.15, 0.2) is 0 Å². The lowest BCUT2D eigenvalue weighted by atomic mass is 10.2. The largest absolute Gasteiger partial charge is 0.376 e. The second kappa shape index (κ2) is 5.10. The van der Waals surface area contributed by atoms with Crippen LogP contribution in [0.1, 0.15) is 13.3 Å². The zero-order valence-corrected chi connectivity index (χ0v) is 8.38. The number of rotatable bonds is 1. The fraction of sp³-hybridized carbons (Fsp3) is 1.00. The van der Waals surface area contributed by atoms with Gasteiger partial charge in [0.05, 0.1) is 12.7 Å². The van der Waals surface area contributed by atoms with Gasteiger partial charge >= 0.3 is 0 Å². The summed E-state index contributed by atoms with van der Waals surface area (Å²) in [6.07, 6.45) is 1.63. The number of morpholine rings is 1. The Morgan fingerprint density at radius 3 is 2.70 bits per heavy atom. The predicted molar refractivity (Wildman–Crippen MR) is 47.9 cm³/mol. The van der Waals surface area contributed by atoms with Gasteiger partial charge in [-0.3, -0.25) is 0 Å². The van der Waals surface area contributed by atoms with E-state index >= 15 is 0 Å². The van der Waals surface area contributed by atoms with Gasteiger partial charge in [-0.25, -0.2) is 0 Å². The minimum absolute atomic E-state index is 0. The summed E-state index contributed by atoms with van der Waals surface area (Å²) < 4.78 is 5.46. The molecule has 10 heavy (non-hydrogen) atoms. The fourth-order valence-corrected chi connectivity index (χ4v) is 1.11. The molecule has 1 aliphatic heterocycles. The molecule has 1 aliphatic rings. The first kappa shape index (κ1) is 10.4. The fourth-order valence-electron chi connectivity index (χ4n) is 1.11. The lowest BCUT2D eigenvalue weighted by Gasteiger charge is -2.29. The third-order valence-electron chi connectivity index (χ3n) is 1.80. The molecule has 0 spiro atoms. The van der Waals surface area contributed by atoms with Crippen LogP contribution in [0.15, 0.2) is 0 Å². The minimum atomic E-state index is 0. The Hall–Kier alpha value is 0.400. The van der Waals surface area contributed by atoms with Crippen molar-refractivity contribution >= 4 is 17.0 Å². The highest BCUT2D eigenvalue weighted by molar-refractivity contribution is 8.93. The van der Waals surface area contributed by atoms with Gasteiger partial charge in [-0.05, 0) is 13.5 Å². The van der Waals surface area contributed by atoms with Crippen LogP contribution in [0.4, 0.5) is 0 Å². The van der Waals surface area contributed by atoms with Crippen molar-refractivity contribution in [2.24, 2.45) is 0 Å². The number of halogens is 1. The third-order valence-corrected chi connectivity index (χ3v) is 1.80. The van der Waals surface area contributed by atoms with E-state index in [9.17, 15) is 0 Å². The zero-order chi connectivity index (χ0) is 6.69. The van der Waals surface area contributed by atoms with Gasteiger partial charge in [0.1, 0.15) is 0 Å². The van der Waals surface area contributed by atoms with Crippen molar-refractivity contribution in [2.75, 3.05) is 26.7 Å². The van der Waals surface area contributed by atoms with E-state index in [4.69, 9.17) is 4.74 Å². The van der Waals surface area contributed by atoms with Gasteiger partial charge in [0, 0.05) is 13.1 Å². The molecule has 0 aromatic heterocycles. The molecule has 1 rings (SSSR count). The van der Waals surface area contributed by atoms with Crippen LogP contribution >= 0.6 is 17.0 Å². The highest BCUT2D eigenvalue weighted by Gasteiger charge is 2.14. The first-order chi connectivity index (χ1) is 4.33. The molecule has 0 N–H and O–H groups in total. The summed E-state index contributed by atoms with van der Waals surface area (Å²) in [6.45, 7) is 5.28. The van der Waals surface area contributed by atoms with E-state index in [0.29, 0.717) is 6.10 Å². The second-order valence-corrected chi connectivity index (χ2v) is 2.66. The molecule has 0 aromatic carbocycles. The first-order valence-corrected chi connectivity index (χ1v) is 3.63. The van der Waals surface area contributed by atoms with Crippen molar-refractivity contribution in [1.82, 2.24) is 4.90 Å².